The SMILES string of the molecule is COC(O)c1cnc2ccc(Cl)nn12. The lowest BCUT2D eigenvalue weighted by molar-refractivity contribution is -0.0809. The number of hydrogen-bond donors (Lipinski definition) is 1. The molecular weight excluding hydrogens is 206 g/mol. The zero-order chi connectivity index (χ0) is 10.1. The first-order chi connectivity index (χ1) is 6.72. The van der Waals surface area contributed by atoms with Crippen molar-refractivity contribution in [3.05, 3.63) is 29.2 Å². The summed E-state index contributed by atoms with van der Waals surface area (Å²) in [6.07, 6.45) is 0.447. The van der Waals surface area contributed by atoms with E-state index in [-0.39, 0.29) is 0 Å². The van der Waals surface area contributed by atoms with E-state index >= 15 is 0 Å². The van der Waals surface area contributed by atoms with E-state index in [1.165, 1.54) is 17.8 Å². The summed E-state index contributed by atoms with van der Waals surface area (Å²) < 4.78 is 6.20. The van der Waals surface area contributed by atoms with Gasteiger partial charge in [-0.15, -0.1) is 0 Å². The van der Waals surface area contributed by atoms with E-state index < -0.39 is 6.29 Å². The molecule has 2 aromatic heterocycles. The zero-order valence-electron chi connectivity index (χ0n) is 7.38. The van der Waals surface area contributed by atoms with E-state index in [4.69, 9.17) is 16.3 Å². The molecule has 1 N–H and O–H groups in total. The van der Waals surface area contributed by atoms with Crippen LogP contribution >= 0.6 is 11.6 Å². The van der Waals surface area contributed by atoms with E-state index in [0.29, 0.717) is 16.5 Å². The van der Waals surface area contributed by atoms with Crippen LogP contribution in [-0.4, -0.2) is 26.8 Å². The average molecular weight is 214 g/mol. The Morgan fingerprint density at radius 3 is 3.07 bits per heavy atom. The Morgan fingerprint density at radius 1 is 1.57 bits per heavy atom. The molecule has 0 aliphatic rings. The van der Waals surface area contributed by atoms with Crippen molar-refractivity contribution >= 4 is 17.2 Å². The molecule has 0 amide bonds. The highest BCUT2D eigenvalue weighted by atomic mass is 35.5. The molecule has 5 nitrogen and oxygen atoms in total. The van der Waals surface area contributed by atoms with Crippen LogP contribution in [0.3, 0.4) is 0 Å². The third kappa shape index (κ3) is 1.45. The maximum atomic E-state index is 9.44. The van der Waals surface area contributed by atoms with Crippen LogP contribution in [0.4, 0.5) is 0 Å². The number of fused-ring (bicyclic) bond motifs is 1. The normalized spacial score (nSPS) is 13.4. The van der Waals surface area contributed by atoms with E-state index in [9.17, 15) is 5.11 Å². The summed E-state index contributed by atoms with van der Waals surface area (Å²) in [5, 5.41) is 13.8. The fourth-order valence-corrected chi connectivity index (χ4v) is 1.30. The molecule has 0 radical (unpaired) electrons. The topological polar surface area (TPSA) is 59.7 Å². The first-order valence-electron chi connectivity index (χ1n) is 3.93. The summed E-state index contributed by atoms with van der Waals surface area (Å²) in [5.41, 5.74) is 1.06. The van der Waals surface area contributed by atoms with Crippen LogP contribution in [0.2, 0.25) is 5.15 Å². The molecule has 0 aromatic carbocycles. The predicted octanol–water partition coefficient (Wildman–Crippen LogP) is 1.02. The van der Waals surface area contributed by atoms with Crippen molar-refractivity contribution in [1.29, 1.82) is 0 Å². The molecule has 6 heteroatoms. The fraction of sp³-hybridized carbons (Fsp3) is 0.250. The smallest absolute Gasteiger partial charge is 0.200 e. The standard InChI is InChI=1S/C8H8ClN3O2/c1-14-8(13)5-4-10-7-3-2-6(9)11-12(5)7/h2-4,8,13H,1H3. The van der Waals surface area contributed by atoms with Crippen molar-refractivity contribution in [2.45, 2.75) is 6.29 Å². The van der Waals surface area contributed by atoms with E-state index in [1.54, 1.807) is 12.1 Å². The minimum absolute atomic E-state index is 0.333. The van der Waals surface area contributed by atoms with Crippen LogP contribution < -0.4 is 0 Å². The van der Waals surface area contributed by atoms with E-state index in [2.05, 4.69) is 10.1 Å². The Morgan fingerprint density at radius 2 is 2.36 bits per heavy atom. The largest absolute Gasteiger partial charge is 0.363 e. The molecule has 1 unspecified atom stereocenters. The van der Waals surface area contributed by atoms with Gasteiger partial charge in [0.1, 0.15) is 10.8 Å². The molecule has 74 valence electrons. The van der Waals surface area contributed by atoms with Gasteiger partial charge in [-0.2, -0.15) is 5.10 Å². The maximum Gasteiger partial charge on any atom is 0.200 e. The molecule has 0 spiro atoms. The molecule has 0 aliphatic carbocycles. The van der Waals surface area contributed by atoms with Crippen LogP contribution in [0.1, 0.15) is 12.0 Å². The van der Waals surface area contributed by atoms with Gasteiger partial charge in [0.25, 0.3) is 0 Å². The number of nitrogens with zero attached hydrogens (tertiary/aromatic N) is 3. The van der Waals surface area contributed by atoms with Gasteiger partial charge in [-0.3, -0.25) is 0 Å². The number of hydrogen-bond acceptors (Lipinski definition) is 4. The molecular formula is C8H8ClN3O2. The number of imidazole rings is 1. The second-order valence-corrected chi connectivity index (χ2v) is 3.08. The summed E-state index contributed by atoms with van der Waals surface area (Å²) in [7, 11) is 1.40. The van der Waals surface area contributed by atoms with Gasteiger partial charge in [0.15, 0.2) is 11.9 Å². The summed E-state index contributed by atoms with van der Waals surface area (Å²) in [5.74, 6) is 0. The summed E-state index contributed by atoms with van der Waals surface area (Å²) in [6, 6.07) is 3.34. The first-order valence-corrected chi connectivity index (χ1v) is 4.31. The number of halogens is 1. The Hall–Kier alpha value is -1.17. The van der Waals surface area contributed by atoms with Gasteiger partial charge < -0.3 is 9.84 Å². The highest BCUT2D eigenvalue weighted by molar-refractivity contribution is 6.29. The van der Waals surface area contributed by atoms with E-state index in [0.717, 1.165) is 0 Å². The number of rotatable bonds is 2. The molecule has 0 saturated carbocycles. The van der Waals surface area contributed by atoms with Gasteiger partial charge in [-0.25, -0.2) is 9.50 Å². The Kier molecular flexibility index (Phi) is 2.37. The molecule has 0 fully saturated rings. The highest BCUT2D eigenvalue weighted by Crippen LogP contribution is 2.15. The molecule has 14 heavy (non-hydrogen) atoms. The minimum atomic E-state index is -1.05. The number of aliphatic hydroxyl groups excluding tert-OH is 1. The van der Waals surface area contributed by atoms with Crippen LogP contribution in [0.15, 0.2) is 18.3 Å². The summed E-state index contributed by atoms with van der Waals surface area (Å²) >= 11 is 5.71. The maximum absolute atomic E-state index is 9.44. The van der Waals surface area contributed by atoms with Crippen LogP contribution in [0.25, 0.3) is 5.65 Å². The molecule has 2 aromatic rings. The van der Waals surface area contributed by atoms with Gasteiger partial charge >= 0.3 is 0 Å². The van der Waals surface area contributed by atoms with Crippen molar-refractivity contribution < 1.29 is 9.84 Å². The lowest BCUT2D eigenvalue weighted by Crippen LogP contribution is -2.05. The molecule has 2 rings (SSSR count). The number of aromatic nitrogens is 3. The minimum Gasteiger partial charge on any atom is -0.363 e. The molecule has 2 heterocycles. The second-order valence-electron chi connectivity index (χ2n) is 2.70. The average Bonchev–Trinajstić information content (AvgIpc) is 2.59. The highest BCUT2D eigenvalue weighted by Gasteiger charge is 2.12. The zero-order valence-corrected chi connectivity index (χ0v) is 8.14. The third-order valence-corrected chi connectivity index (χ3v) is 2.03. The van der Waals surface area contributed by atoms with Crippen molar-refractivity contribution in [3.63, 3.8) is 0 Å². The molecule has 0 saturated heterocycles. The van der Waals surface area contributed by atoms with Gasteiger partial charge in [-0.1, -0.05) is 11.6 Å². The van der Waals surface area contributed by atoms with Crippen molar-refractivity contribution in [2.24, 2.45) is 0 Å². The summed E-state index contributed by atoms with van der Waals surface area (Å²) in [4.78, 5) is 4.03. The molecule has 0 bridgehead atoms. The Bertz CT molecular complexity index is 457. The third-order valence-electron chi connectivity index (χ3n) is 1.83. The molecule has 0 aliphatic heterocycles. The Balaban J connectivity index is 2.61. The number of aliphatic hydroxyl groups is 1. The van der Waals surface area contributed by atoms with Crippen molar-refractivity contribution in [3.8, 4) is 0 Å². The number of methoxy groups -OCH3 is 1. The monoisotopic (exact) mass is 213 g/mol. The van der Waals surface area contributed by atoms with Crippen LogP contribution in [0.5, 0.6) is 0 Å². The van der Waals surface area contributed by atoms with Gasteiger partial charge in [0.05, 0.1) is 6.20 Å². The predicted molar refractivity (Wildman–Crippen MR) is 50.0 cm³/mol. The van der Waals surface area contributed by atoms with Crippen molar-refractivity contribution in [2.75, 3.05) is 7.11 Å². The van der Waals surface area contributed by atoms with Gasteiger partial charge in [0.2, 0.25) is 0 Å². The van der Waals surface area contributed by atoms with Gasteiger partial charge in [-0.05, 0) is 12.1 Å². The fourth-order valence-electron chi connectivity index (χ4n) is 1.16. The van der Waals surface area contributed by atoms with Gasteiger partial charge in [0, 0.05) is 7.11 Å². The van der Waals surface area contributed by atoms with E-state index in [1.807, 2.05) is 0 Å². The summed E-state index contributed by atoms with van der Waals surface area (Å²) in [6.45, 7) is 0. The molecule has 1 atom stereocenters. The lowest BCUT2D eigenvalue weighted by Gasteiger charge is -2.06. The second kappa shape index (κ2) is 3.53. The van der Waals surface area contributed by atoms with Crippen LogP contribution in [-0.2, 0) is 4.74 Å². The Labute approximate surface area is 84.9 Å². The number of ether oxygens (including phenoxy) is 1. The van der Waals surface area contributed by atoms with Crippen molar-refractivity contribution in [1.82, 2.24) is 14.6 Å². The lowest BCUT2D eigenvalue weighted by atomic mass is 10.4. The quantitative estimate of drug-likeness (QED) is 0.757. The first kappa shape index (κ1) is 9.39. The van der Waals surface area contributed by atoms with Crippen LogP contribution in [0, 0.1) is 0 Å².